The van der Waals surface area contributed by atoms with Crippen molar-refractivity contribution in [2.75, 3.05) is 4.72 Å². The average Bonchev–Trinajstić information content (AvgIpc) is 2.70. The third-order valence-electron chi connectivity index (χ3n) is 5.30. The molecule has 1 aliphatic rings. The third kappa shape index (κ3) is 4.09. The predicted octanol–water partition coefficient (Wildman–Crippen LogP) is 3.72. The van der Waals surface area contributed by atoms with E-state index in [1.807, 2.05) is 12.1 Å². The first-order chi connectivity index (χ1) is 13.8. The molecule has 0 bridgehead atoms. The van der Waals surface area contributed by atoms with Crippen LogP contribution in [0.25, 0.3) is 11.0 Å². The van der Waals surface area contributed by atoms with Gasteiger partial charge in [-0.3, -0.25) is 14.3 Å². The summed E-state index contributed by atoms with van der Waals surface area (Å²) in [6, 6.07) is 9.93. The first-order valence-corrected chi connectivity index (χ1v) is 11.3. The van der Waals surface area contributed by atoms with E-state index in [1.165, 1.54) is 37.0 Å². The molecule has 1 saturated carbocycles. The molecule has 3 aromatic rings. The lowest BCUT2D eigenvalue weighted by atomic mass is 9.84. The molecule has 0 aliphatic heterocycles. The van der Waals surface area contributed by atoms with Crippen LogP contribution in [-0.4, -0.2) is 18.4 Å². The predicted molar refractivity (Wildman–Crippen MR) is 113 cm³/mol. The number of fused-ring (bicyclic) bond motifs is 1. The highest BCUT2D eigenvalue weighted by atomic mass is 35.5. The van der Waals surface area contributed by atoms with Gasteiger partial charge < -0.3 is 9.97 Å². The summed E-state index contributed by atoms with van der Waals surface area (Å²) in [5, 5.41) is -0.0634. The van der Waals surface area contributed by atoms with Gasteiger partial charge in [0.2, 0.25) is 0 Å². The fourth-order valence-corrected chi connectivity index (χ4v) is 5.41. The van der Waals surface area contributed by atoms with Gasteiger partial charge in [-0.1, -0.05) is 43.0 Å². The molecular weight excluding hydrogens is 414 g/mol. The van der Waals surface area contributed by atoms with Gasteiger partial charge in [-0.25, -0.2) is 8.42 Å². The van der Waals surface area contributed by atoms with E-state index < -0.39 is 21.1 Å². The number of aromatic nitrogens is 2. The zero-order valence-electron chi connectivity index (χ0n) is 15.5. The topological polar surface area (TPSA) is 112 Å². The number of nitrogens with one attached hydrogen (secondary N) is 3. The summed E-state index contributed by atoms with van der Waals surface area (Å²) in [6.07, 6.45) is 6.07. The number of halogens is 1. The molecule has 0 spiro atoms. The van der Waals surface area contributed by atoms with Gasteiger partial charge >= 0.3 is 11.1 Å². The van der Waals surface area contributed by atoms with Gasteiger partial charge in [0.15, 0.2) is 0 Å². The van der Waals surface area contributed by atoms with Gasteiger partial charge in [-0.15, -0.1) is 0 Å². The van der Waals surface area contributed by atoms with E-state index in [1.54, 1.807) is 12.1 Å². The second-order valence-corrected chi connectivity index (χ2v) is 9.36. The standard InChI is InChI=1S/C20H20ClN3O4S/c21-15-10-16-17(23-20(26)19(25)22-16)11-18(15)29(27,28)24-14-8-6-13(7-9-14)12-4-2-1-3-5-12/h6-12,24H,1-5H2,(H,22,25)(H,23,26). The molecule has 0 radical (unpaired) electrons. The van der Waals surface area contributed by atoms with Crippen molar-refractivity contribution >= 4 is 38.3 Å². The molecule has 0 saturated heterocycles. The van der Waals surface area contributed by atoms with Crippen LogP contribution in [0, 0.1) is 0 Å². The fraction of sp³-hybridized carbons (Fsp3) is 0.300. The number of hydrogen-bond donors (Lipinski definition) is 3. The molecule has 1 aliphatic carbocycles. The maximum Gasteiger partial charge on any atom is 0.314 e. The van der Waals surface area contributed by atoms with Gasteiger partial charge in [0.1, 0.15) is 4.90 Å². The maximum atomic E-state index is 12.8. The number of benzene rings is 2. The molecule has 7 nitrogen and oxygen atoms in total. The minimum absolute atomic E-state index is 0.0634. The Morgan fingerprint density at radius 2 is 1.48 bits per heavy atom. The maximum absolute atomic E-state index is 12.8. The highest BCUT2D eigenvalue weighted by molar-refractivity contribution is 7.92. The van der Waals surface area contributed by atoms with Crippen LogP contribution in [0.1, 0.15) is 43.6 Å². The number of aromatic amines is 2. The Morgan fingerprint density at radius 3 is 2.10 bits per heavy atom. The summed E-state index contributed by atoms with van der Waals surface area (Å²) in [6.45, 7) is 0. The van der Waals surface area contributed by atoms with Crippen LogP contribution in [0.2, 0.25) is 5.02 Å². The molecule has 29 heavy (non-hydrogen) atoms. The van der Waals surface area contributed by atoms with Gasteiger partial charge in [-0.05, 0) is 48.6 Å². The smallest absolute Gasteiger partial charge is 0.314 e. The van der Waals surface area contributed by atoms with Crippen molar-refractivity contribution in [3.8, 4) is 0 Å². The number of rotatable bonds is 4. The number of sulfonamides is 1. The van der Waals surface area contributed by atoms with Crippen molar-refractivity contribution in [1.29, 1.82) is 0 Å². The molecule has 0 atom stereocenters. The highest BCUT2D eigenvalue weighted by Gasteiger charge is 2.21. The summed E-state index contributed by atoms with van der Waals surface area (Å²) in [4.78, 5) is 27.5. The van der Waals surface area contributed by atoms with Crippen molar-refractivity contribution in [2.24, 2.45) is 0 Å². The van der Waals surface area contributed by atoms with Crippen molar-refractivity contribution in [3.63, 3.8) is 0 Å². The molecule has 1 aromatic heterocycles. The molecule has 1 fully saturated rings. The lowest BCUT2D eigenvalue weighted by molar-refractivity contribution is 0.443. The first-order valence-electron chi connectivity index (χ1n) is 9.42. The molecule has 0 unspecified atom stereocenters. The largest absolute Gasteiger partial charge is 0.316 e. The van der Waals surface area contributed by atoms with Gasteiger partial charge in [-0.2, -0.15) is 0 Å². The second kappa shape index (κ2) is 7.68. The van der Waals surface area contributed by atoms with E-state index in [9.17, 15) is 18.0 Å². The lowest BCUT2D eigenvalue weighted by Gasteiger charge is -2.22. The summed E-state index contributed by atoms with van der Waals surface area (Å²) in [7, 11) is -3.99. The summed E-state index contributed by atoms with van der Waals surface area (Å²) < 4.78 is 28.2. The van der Waals surface area contributed by atoms with E-state index in [2.05, 4.69) is 14.7 Å². The van der Waals surface area contributed by atoms with E-state index in [0.717, 1.165) is 12.8 Å². The minimum Gasteiger partial charge on any atom is -0.316 e. The van der Waals surface area contributed by atoms with Crippen LogP contribution in [0.4, 0.5) is 5.69 Å². The van der Waals surface area contributed by atoms with Crippen molar-refractivity contribution in [3.05, 3.63) is 67.7 Å². The quantitative estimate of drug-likeness (QED) is 0.544. The van der Waals surface area contributed by atoms with Crippen LogP contribution in [0.5, 0.6) is 0 Å². The van der Waals surface area contributed by atoms with Crippen molar-refractivity contribution in [1.82, 2.24) is 9.97 Å². The van der Waals surface area contributed by atoms with Gasteiger partial charge in [0, 0.05) is 5.69 Å². The fourth-order valence-electron chi connectivity index (χ4n) is 3.79. The van der Waals surface area contributed by atoms with Crippen molar-refractivity contribution < 1.29 is 8.42 Å². The molecular formula is C20H20ClN3O4S. The van der Waals surface area contributed by atoms with Crippen LogP contribution in [0.15, 0.2) is 50.9 Å². The Morgan fingerprint density at radius 1 is 0.897 bits per heavy atom. The SMILES string of the molecule is O=c1[nH]c2cc(Cl)c(S(=O)(=O)Nc3ccc(C4CCCCC4)cc3)cc2[nH]c1=O. The Kier molecular flexibility index (Phi) is 5.23. The molecule has 1 heterocycles. The Labute approximate surface area is 172 Å². The van der Waals surface area contributed by atoms with E-state index in [-0.39, 0.29) is 21.0 Å². The molecule has 3 N–H and O–H groups in total. The zero-order valence-corrected chi connectivity index (χ0v) is 17.1. The van der Waals surface area contributed by atoms with Gasteiger partial charge in [0.05, 0.1) is 16.1 Å². The van der Waals surface area contributed by atoms with Crippen LogP contribution in [-0.2, 0) is 10.0 Å². The average molecular weight is 434 g/mol. The number of anilines is 1. The Hall–Kier alpha value is -2.58. The van der Waals surface area contributed by atoms with Crippen LogP contribution >= 0.6 is 11.6 Å². The molecule has 2 aromatic carbocycles. The summed E-state index contributed by atoms with van der Waals surface area (Å²) in [5.74, 6) is 0.531. The molecule has 9 heteroatoms. The summed E-state index contributed by atoms with van der Waals surface area (Å²) >= 11 is 6.14. The monoisotopic (exact) mass is 433 g/mol. The van der Waals surface area contributed by atoms with E-state index >= 15 is 0 Å². The van der Waals surface area contributed by atoms with E-state index in [0.29, 0.717) is 11.6 Å². The highest BCUT2D eigenvalue weighted by Crippen LogP contribution is 2.33. The number of hydrogen-bond acceptors (Lipinski definition) is 4. The normalized spacial score (nSPS) is 15.5. The third-order valence-corrected chi connectivity index (χ3v) is 7.15. The van der Waals surface area contributed by atoms with Crippen molar-refractivity contribution in [2.45, 2.75) is 42.9 Å². The lowest BCUT2D eigenvalue weighted by Crippen LogP contribution is -2.29. The zero-order chi connectivity index (χ0) is 20.6. The van der Waals surface area contributed by atoms with Crippen LogP contribution < -0.4 is 15.8 Å². The first kappa shape index (κ1) is 19.7. The number of H-pyrrole nitrogens is 2. The second-order valence-electron chi connectivity index (χ2n) is 7.30. The molecule has 4 rings (SSSR count). The molecule has 0 amide bonds. The van der Waals surface area contributed by atoms with Gasteiger partial charge in [0.25, 0.3) is 10.0 Å². The molecule has 152 valence electrons. The van der Waals surface area contributed by atoms with E-state index in [4.69, 9.17) is 11.6 Å². The van der Waals surface area contributed by atoms with Crippen LogP contribution in [0.3, 0.4) is 0 Å². The summed E-state index contributed by atoms with van der Waals surface area (Å²) in [5.41, 5.74) is 0.366. The Bertz CT molecular complexity index is 1270. The minimum atomic E-state index is -3.99. The Balaban J connectivity index is 1.63.